The number of carbonyl (C=O) groups is 2. The normalized spacial score (nSPS) is 13.6. The van der Waals surface area contributed by atoms with Gasteiger partial charge >= 0.3 is 0 Å². The molecule has 5 heteroatoms. The predicted octanol–water partition coefficient (Wildman–Crippen LogP) is 5.80. The maximum Gasteiger partial charge on any atom is 0.282 e. The number of ether oxygens (including phenoxy) is 1. The number of carbonyl (C=O) groups excluding carboxylic acids is 2. The summed E-state index contributed by atoms with van der Waals surface area (Å²) in [6, 6.07) is 20.6. The van der Waals surface area contributed by atoms with Crippen LogP contribution in [-0.4, -0.2) is 18.4 Å². The molecule has 0 saturated carbocycles. The summed E-state index contributed by atoms with van der Waals surface area (Å²) in [4.78, 5) is 28.6. The number of nitrogens with one attached hydrogen (secondary N) is 1. The average Bonchev–Trinajstić information content (AvgIpc) is 3.05. The zero-order chi connectivity index (χ0) is 23.5. The molecule has 1 N–H and O–H groups in total. The molecule has 0 unspecified atom stereocenters. The largest absolute Gasteiger partial charge is 0.494 e. The topological polar surface area (TPSA) is 58.6 Å². The summed E-state index contributed by atoms with van der Waals surface area (Å²) in [7, 11) is 0. The third kappa shape index (κ3) is 4.40. The molecule has 0 bridgehead atoms. The van der Waals surface area contributed by atoms with Crippen LogP contribution in [0.25, 0.3) is 5.57 Å². The van der Waals surface area contributed by atoms with Crippen molar-refractivity contribution in [1.29, 1.82) is 0 Å². The molecule has 0 aliphatic carbocycles. The molecule has 0 aromatic heterocycles. The van der Waals surface area contributed by atoms with Crippen LogP contribution in [-0.2, 0) is 9.59 Å². The van der Waals surface area contributed by atoms with Crippen LogP contribution in [0, 0.1) is 20.8 Å². The molecule has 3 aromatic carbocycles. The van der Waals surface area contributed by atoms with E-state index in [9.17, 15) is 9.59 Å². The van der Waals surface area contributed by atoms with Crippen LogP contribution in [0.1, 0.15) is 35.6 Å². The number of nitrogens with zero attached hydrogens (tertiary/aromatic N) is 1. The summed E-state index contributed by atoms with van der Waals surface area (Å²) in [5, 5.41) is 3.26. The smallest absolute Gasteiger partial charge is 0.282 e. The Morgan fingerprint density at radius 2 is 1.61 bits per heavy atom. The van der Waals surface area contributed by atoms with Gasteiger partial charge in [-0.15, -0.1) is 0 Å². The lowest BCUT2D eigenvalue weighted by atomic mass is 9.99. The van der Waals surface area contributed by atoms with E-state index in [1.165, 1.54) is 4.90 Å². The van der Waals surface area contributed by atoms with Gasteiger partial charge in [-0.25, -0.2) is 4.90 Å². The Hall–Kier alpha value is -3.86. The van der Waals surface area contributed by atoms with Gasteiger partial charge in [0, 0.05) is 11.8 Å². The van der Waals surface area contributed by atoms with Gasteiger partial charge in [-0.1, -0.05) is 49.4 Å². The fraction of sp³-hybridized carbons (Fsp3) is 0.214. The van der Waals surface area contributed by atoms with Crippen molar-refractivity contribution in [3.63, 3.8) is 0 Å². The van der Waals surface area contributed by atoms with Crippen LogP contribution in [0.5, 0.6) is 5.75 Å². The zero-order valence-electron chi connectivity index (χ0n) is 19.4. The third-order valence-corrected chi connectivity index (χ3v) is 5.83. The molecule has 2 amide bonds. The van der Waals surface area contributed by atoms with Gasteiger partial charge in [-0.2, -0.15) is 0 Å². The second kappa shape index (κ2) is 9.33. The first-order chi connectivity index (χ1) is 15.9. The molecule has 1 aliphatic rings. The zero-order valence-corrected chi connectivity index (χ0v) is 19.4. The van der Waals surface area contributed by atoms with E-state index in [1.54, 1.807) is 18.2 Å². The number of rotatable bonds is 7. The Morgan fingerprint density at radius 1 is 0.818 bits per heavy atom. The summed E-state index contributed by atoms with van der Waals surface area (Å²) < 4.78 is 5.73. The molecule has 0 atom stereocenters. The van der Waals surface area contributed by atoms with E-state index < -0.39 is 0 Å². The predicted molar refractivity (Wildman–Crippen MR) is 132 cm³/mol. The fourth-order valence-electron chi connectivity index (χ4n) is 3.83. The first kappa shape index (κ1) is 22.3. The summed E-state index contributed by atoms with van der Waals surface area (Å²) in [6.07, 6.45) is 0.870. The molecule has 3 aromatic rings. The summed E-state index contributed by atoms with van der Waals surface area (Å²) >= 11 is 0. The lowest BCUT2D eigenvalue weighted by molar-refractivity contribution is -0.120. The molecular formula is C28H28N2O3. The average molecular weight is 441 g/mol. The molecule has 168 valence electrons. The van der Waals surface area contributed by atoms with Crippen molar-refractivity contribution >= 4 is 28.8 Å². The third-order valence-electron chi connectivity index (χ3n) is 5.83. The van der Waals surface area contributed by atoms with E-state index in [0.29, 0.717) is 29.2 Å². The van der Waals surface area contributed by atoms with Crippen LogP contribution < -0.4 is 15.0 Å². The fourth-order valence-corrected chi connectivity index (χ4v) is 3.83. The first-order valence-electron chi connectivity index (χ1n) is 11.2. The highest BCUT2D eigenvalue weighted by Gasteiger charge is 2.40. The Bertz CT molecular complexity index is 1260. The van der Waals surface area contributed by atoms with E-state index in [0.717, 1.165) is 28.8 Å². The van der Waals surface area contributed by atoms with Crippen molar-refractivity contribution in [2.24, 2.45) is 0 Å². The van der Waals surface area contributed by atoms with Gasteiger partial charge in [0.05, 0.1) is 17.9 Å². The van der Waals surface area contributed by atoms with Crippen molar-refractivity contribution in [1.82, 2.24) is 0 Å². The second-order valence-electron chi connectivity index (χ2n) is 8.28. The van der Waals surface area contributed by atoms with Crippen molar-refractivity contribution in [3.8, 4) is 5.75 Å². The number of aryl methyl sites for hydroxylation is 3. The molecule has 0 radical (unpaired) electrons. The van der Waals surface area contributed by atoms with Crippen molar-refractivity contribution < 1.29 is 14.3 Å². The summed E-state index contributed by atoms with van der Waals surface area (Å²) in [6.45, 7) is 8.58. The maximum atomic E-state index is 13.7. The van der Waals surface area contributed by atoms with E-state index in [2.05, 4.69) is 5.32 Å². The highest BCUT2D eigenvalue weighted by molar-refractivity contribution is 6.46. The van der Waals surface area contributed by atoms with Crippen LogP contribution >= 0.6 is 0 Å². The quantitative estimate of drug-likeness (QED) is 0.472. The minimum absolute atomic E-state index is 0.275. The van der Waals surface area contributed by atoms with Crippen molar-refractivity contribution in [2.45, 2.75) is 34.1 Å². The lowest BCUT2D eigenvalue weighted by Crippen LogP contribution is -2.32. The molecule has 0 saturated heterocycles. The molecule has 1 aliphatic heterocycles. The number of hydrogen-bond acceptors (Lipinski definition) is 4. The molecule has 5 nitrogen and oxygen atoms in total. The summed E-state index contributed by atoms with van der Waals surface area (Å²) in [5.74, 6) is -0.112. The van der Waals surface area contributed by atoms with E-state index >= 15 is 0 Å². The van der Waals surface area contributed by atoms with E-state index in [1.807, 2.05) is 76.2 Å². The second-order valence-corrected chi connectivity index (χ2v) is 8.28. The molecule has 1 heterocycles. The number of amides is 2. The Kier molecular flexibility index (Phi) is 6.31. The van der Waals surface area contributed by atoms with Gasteiger partial charge in [0.15, 0.2) is 0 Å². The number of imide groups is 1. The Labute approximate surface area is 194 Å². The molecular weight excluding hydrogens is 412 g/mol. The molecule has 4 rings (SSSR count). The van der Waals surface area contributed by atoms with Crippen LogP contribution in [0.2, 0.25) is 0 Å². The lowest BCUT2D eigenvalue weighted by Gasteiger charge is -2.17. The van der Waals surface area contributed by atoms with E-state index in [-0.39, 0.29) is 17.5 Å². The SMILES string of the molecule is CCCOc1cccc(N2C(=O)C(Nc3ccccc3C)=C(c3ccc(C)c(C)c3)C2=O)c1. The van der Waals surface area contributed by atoms with Gasteiger partial charge in [0.25, 0.3) is 11.8 Å². The number of para-hydroxylation sites is 1. The van der Waals surface area contributed by atoms with Gasteiger partial charge in [-0.05, 0) is 67.6 Å². The van der Waals surface area contributed by atoms with Gasteiger partial charge in [0.2, 0.25) is 0 Å². The van der Waals surface area contributed by atoms with Gasteiger partial charge in [0.1, 0.15) is 11.4 Å². The highest BCUT2D eigenvalue weighted by atomic mass is 16.5. The minimum Gasteiger partial charge on any atom is -0.494 e. The molecule has 0 spiro atoms. The Morgan fingerprint density at radius 3 is 2.33 bits per heavy atom. The summed E-state index contributed by atoms with van der Waals surface area (Å²) in [5.41, 5.74) is 5.81. The number of benzene rings is 3. The monoisotopic (exact) mass is 440 g/mol. The number of anilines is 2. The van der Waals surface area contributed by atoms with Crippen LogP contribution in [0.3, 0.4) is 0 Å². The number of hydrogen-bond donors (Lipinski definition) is 1. The maximum absolute atomic E-state index is 13.7. The Balaban J connectivity index is 1.80. The van der Waals surface area contributed by atoms with Crippen molar-refractivity contribution in [2.75, 3.05) is 16.8 Å². The first-order valence-corrected chi connectivity index (χ1v) is 11.2. The standard InChI is InChI=1S/C28H28N2O3/c1-5-15-33-23-11-8-10-22(17-23)30-27(31)25(21-14-13-18(2)20(4)16-21)26(28(30)32)29-24-12-7-6-9-19(24)3/h6-14,16-17,29H,5,15H2,1-4H3. The molecule has 33 heavy (non-hydrogen) atoms. The van der Waals surface area contributed by atoms with Crippen LogP contribution in [0.4, 0.5) is 11.4 Å². The van der Waals surface area contributed by atoms with E-state index in [4.69, 9.17) is 4.74 Å². The van der Waals surface area contributed by atoms with Gasteiger partial charge < -0.3 is 10.1 Å². The van der Waals surface area contributed by atoms with Crippen LogP contribution in [0.15, 0.2) is 72.4 Å². The minimum atomic E-state index is -0.385. The molecule has 0 fully saturated rings. The van der Waals surface area contributed by atoms with Gasteiger partial charge in [-0.3, -0.25) is 9.59 Å². The van der Waals surface area contributed by atoms with Crippen molar-refractivity contribution in [3.05, 3.63) is 94.7 Å². The highest BCUT2D eigenvalue weighted by Crippen LogP contribution is 2.35.